The fourth-order valence-electron chi connectivity index (χ4n) is 5.55. The van der Waals surface area contributed by atoms with E-state index in [1.165, 1.54) is 6.42 Å². The van der Waals surface area contributed by atoms with Crippen molar-refractivity contribution in [3.63, 3.8) is 0 Å². The van der Waals surface area contributed by atoms with Gasteiger partial charge in [0.2, 0.25) is 11.8 Å². The Hall–Kier alpha value is -2.70. The third-order valence-electron chi connectivity index (χ3n) is 7.47. The van der Waals surface area contributed by atoms with Gasteiger partial charge in [-0.25, -0.2) is 0 Å². The number of carbonyl (C=O) groups is 2. The molecule has 2 heterocycles. The van der Waals surface area contributed by atoms with Crippen LogP contribution in [0.3, 0.4) is 0 Å². The normalized spacial score (nSPS) is 22.7. The average molecular weight is 477 g/mol. The van der Waals surface area contributed by atoms with Crippen LogP contribution in [0.15, 0.2) is 60.7 Å². The van der Waals surface area contributed by atoms with Crippen molar-refractivity contribution in [2.75, 3.05) is 45.8 Å². The predicted molar refractivity (Wildman–Crippen MR) is 140 cm³/mol. The number of nitrogens with zero attached hydrogens (tertiary/aromatic N) is 3. The Morgan fingerprint density at radius 3 is 1.89 bits per heavy atom. The second-order valence-electron chi connectivity index (χ2n) is 10.5. The summed E-state index contributed by atoms with van der Waals surface area (Å²) in [6.45, 7) is 11.9. The molecule has 2 amide bonds. The molecule has 0 radical (unpaired) electrons. The van der Waals surface area contributed by atoms with E-state index in [0.29, 0.717) is 18.4 Å². The monoisotopic (exact) mass is 476 g/mol. The first-order chi connectivity index (χ1) is 16.9. The van der Waals surface area contributed by atoms with Gasteiger partial charge in [0.15, 0.2) is 0 Å². The second-order valence-corrected chi connectivity index (χ2v) is 10.5. The largest absolute Gasteiger partial charge is 0.344 e. The number of piperidine rings is 1. The summed E-state index contributed by atoms with van der Waals surface area (Å²) in [5.74, 6) is 1.43. The molecule has 2 fully saturated rings. The van der Waals surface area contributed by atoms with E-state index in [1.54, 1.807) is 0 Å². The number of likely N-dealkylation sites (tertiary alicyclic amines) is 1. The Bertz CT molecular complexity index is 910. The van der Waals surface area contributed by atoms with Gasteiger partial charge in [0, 0.05) is 39.3 Å². The number of rotatable bonds is 7. The van der Waals surface area contributed by atoms with E-state index < -0.39 is 0 Å². The van der Waals surface area contributed by atoms with Gasteiger partial charge in [-0.15, -0.1) is 0 Å². The molecule has 0 spiro atoms. The Morgan fingerprint density at radius 2 is 1.37 bits per heavy atom. The molecule has 188 valence electrons. The van der Waals surface area contributed by atoms with Crippen LogP contribution in [0.2, 0.25) is 0 Å². The van der Waals surface area contributed by atoms with Crippen LogP contribution in [0.5, 0.6) is 0 Å². The van der Waals surface area contributed by atoms with Gasteiger partial charge < -0.3 is 10.2 Å². The lowest BCUT2D eigenvalue weighted by atomic mass is 9.92. The molecule has 0 saturated carbocycles. The fourth-order valence-corrected chi connectivity index (χ4v) is 5.55. The lowest BCUT2D eigenvalue weighted by Gasteiger charge is -2.39. The van der Waals surface area contributed by atoms with E-state index in [1.807, 2.05) is 43.3 Å². The van der Waals surface area contributed by atoms with Crippen molar-refractivity contribution < 1.29 is 9.59 Å². The Kier molecular flexibility index (Phi) is 8.58. The second kappa shape index (κ2) is 11.8. The van der Waals surface area contributed by atoms with E-state index >= 15 is 0 Å². The molecule has 0 unspecified atom stereocenters. The zero-order valence-corrected chi connectivity index (χ0v) is 21.4. The zero-order valence-electron chi connectivity index (χ0n) is 21.4. The SMILES string of the molecule is C[C@@H]1C[C@@H](C)CN(C(=O)CN2CCN([C@H](C)C(=O)NC(c3ccccc3)c3ccccc3)CC2)C1. The highest BCUT2D eigenvalue weighted by Gasteiger charge is 2.30. The molecule has 0 aromatic heterocycles. The third-order valence-corrected chi connectivity index (χ3v) is 7.47. The Balaban J connectivity index is 1.31. The molecular formula is C29H40N4O2. The van der Waals surface area contributed by atoms with Crippen molar-refractivity contribution in [2.45, 2.75) is 39.3 Å². The smallest absolute Gasteiger partial charge is 0.237 e. The predicted octanol–water partition coefficient (Wildman–Crippen LogP) is 3.40. The highest BCUT2D eigenvalue weighted by Crippen LogP contribution is 2.23. The minimum atomic E-state index is -0.230. The molecule has 3 atom stereocenters. The van der Waals surface area contributed by atoms with Crippen LogP contribution < -0.4 is 5.32 Å². The van der Waals surface area contributed by atoms with Crippen molar-refractivity contribution in [1.29, 1.82) is 0 Å². The van der Waals surface area contributed by atoms with Crippen LogP contribution >= 0.6 is 0 Å². The van der Waals surface area contributed by atoms with Gasteiger partial charge in [-0.05, 0) is 36.3 Å². The lowest BCUT2D eigenvalue weighted by Crippen LogP contribution is -2.56. The van der Waals surface area contributed by atoms with E-state index in [-0.39, 0.29) is 23.9 Å². The number of piperazine rings is 1. The van der Waals surface area contributed by atoms with Crippen LogP contribution in [0.25, 0.3) is 0 Å². The molecule has 6 heteroatoms. The first-order valence-corrected chi connectivity index (χ1v) is 13.0. The molecule has 2 aliphatic rings. The maximum absolute atomic E-state index is 13.3. The molecule has 4 rings (SSSR count). The summed E-state index contributed by atoms with van der Waals surface area (Å²) in [6.07, 6.45) is 1.21. The van der Waals surface area contributed by atoms with E-state index in [4.69, 9.17) is 0 Å². The summed E-state index contributed by atoms with van der Waals surface area (Å²) < 4.78 is 0. The fraction of sp³-hybridized carbons (Fsp3) is 0.517. The van der Waals surface area contributed by atoms with Gasteiger partial charge in [-0.3, -0.25) is 19.4 Å². The molecule has 6 nitrogen and oxygen atoms in total. The summed E-state index contributed by atoms with van der Waals surface area (Å²) in [7, 11) is 0. The number of hydrogen-bond donors (Lipinski definition) is 1. The standard InChI is InChI=1S/C29H40N4O2/c1-22-18-23(2)20-33(19-22)27(34)21-31-14-16-32(17-15-31)24(3)29(35)30-28(25-10-6-4-7-11-25)26-12-8-5-9-13-26/h4-13,22-24,28H,14-21H2,1-3H3,(H,30,35)/t22-,23-,24-/m1/s1. The number of carbonyl (C=O) groups excluding carboxylic acids is 2. The van der Waals surface area contributed by atoms with Crippen LogP contribution in [0, 0.1) is 11.8 Å². The summed E-state index contributed by atoms with van der Waals surface area (Å²) >= 11 is 0. The number of amides is 2. The first kappa shape index (κ1) is 25.4. The molecule has 0 aliphatic carbocycles. The molecular weight excluding hydrogens is 436 g/mol. The van der Waals surface area contributed by atoms with Crippen LogP contribution in [-0.4, -0.2) is 78.4 Å². The van der Waals surface area contributed by atoms with Gasteiger partial charge in [0.1, 0.15) is 0 Å². The minimum absolute atomic E-state index is 0.0310. The minimum Gasteiger partial charge on any atom is -0.344 e. The lowest BCUT2D eigenvalue weighted by molar-refractivity contribution is -0.136. The Morgan fingerprint density at radius 1 is 0.857 bits per heavy atom. The Labute approximate surface area is 210 Å². The molecule has 2 aliphatic heterocycles. The van der Waals surface area contributed by atoms with Crippen LogP contribution in [0.4, 0.5) is 0 Å². The maximum atomic E-state index is 13.3. The van der Waals surface area contributed by atoms with Crippen LogP contribution in [-0.2, 0) is 9.59 Å². The van der Waals surface area contributed by atoms with Gasteiger partial charge in [0.05, 0.1) is 18.6 Å². The van der Waals surface area contributed by atoms with Gasteiger partial charge in [-0.1, -0.05) is 74.5 Å². The third kappa shape index (κ3) is 6.71. The van der Waals surface area contributed by atoms with E-state index in [2.05, 4.69) is 58.1 Å². The number of nitrogens with one attached hydrogen (secondary N) is 1. The van der Waals surface area contributed by atoms with E-state index in [9.17, 15) is 9.59 Å². The summed E-state index contributed by atoms with van der Waals surface area (Å²) in [6, 6.07) is 19.8. The van der Waals surface area contributed by atoms with E-state index in [0.717, 1.165) is 50.4 Å². The highest BCUT2D eigenvalue weighted by atomic mass is 16.2. The molecule has 2 aromatic carbocycles. The summed E-state index contributed by atoms with van der Waals surface area (Å²) in [5.41, 5.74) is 2.15. The van der Waals surface area contributed by atoms with Crippen molar-refractivity contribution >= 4 is 11.8 Å². The van der Waals surface area contributed by atoms with Gasteiger partial charge >= 0.3 is 0 Å². The molecule has 2 saturated heterocycles. The average Bonchev–Trinajstić information content (AvgIpc) is 2.87. The summed E-state index contributed by atoms with van der Waals surface area (Å²) in [5, 5.41) is 3.29. The first-order valence-electron chi connectivity index (χ1n) is 13.0. The molecule has 35 heavy (non-hydrogen) atoms. The molecule has 2 aromatic rings. The van der Waals surface area contributed by atoms with Crippen molar-refractivity contribution in [3.05, 3.63) is 71.8 Å². The molecule has 0 bridgehead atoms. The van der Waals surface area contributed by atoms with Crippen molar-refractivity contribution in [2.24, 2.45) is 11.8 Å². The summed E-state index contributed by atoms with van der Waals surface area (Å²) in [4.78, 5) is 32.7. The van der Waals surface area contributed by atoms with Crippen molar-refractivity contribution in [1.82, 2.24) is 20.0 Å². The van der Waals surface area contributed by atoms with Gasteiger partial charge in [0.25, 0.3) is 0 Å². The highest BCUT2D eigenvalue weighted by molar-refractivity contribution is 5.82. The van der Waals surface area contributed by atoms with Crippen LogP contribution in [0.1, 0.15) is 44.4 Å². The maximum Gasteiger partial charge on any atom is 0.237 e. The van der Waals surface area contributed by atoms with Crippen molar-refractivity contribution in [3.8, 4) is 0 Å². The zero-order chi connectivity index (χ0) is 24.8. The van der Waals surface area contributed by atoms with Gasteiger partial charge in [-0.2, -0.15) is 0 Å². The topological polar surface area (TPSA) is 55.9 Å². The quantitative estimate of drug-likeness (QED) is 0.666. The number of hydrogen-bond acceptors (Lipinski definition) is 4. The number of benzene rings is 2. The molecule has 1 N–H and O–H groups in total.